The van der Waals surface area contributed by atoms with Crippen LogP contribution in [-0.4, -0.2) is 59.6 Å². The Morgan fingerprint density at radius 2 is 1.38 bits per heavy atom. The molecule has 1 fully saturated rings. The zero-order chi connectivity index (χ0) is 16.2. The van der Waals surface area contributed by atoms with Crippen molar-refractivity contribution in [2.45, 2.75) is 51.5 Å². The second kappa shape index (κ2) is 7.58. The smallest absolute Gasteiger partial charge is 0.303 e. The monoisotopic (exact) mass is 324 g/mol. The van der Waals surface area contributed by atoms with E-state index in [-0.39, 0.29) is 5.88 Å². The van der Waals surface area contributed by atoms with Gasteiger partial charge in [-0.25, -0.2) is 0 Å². The molecule has 0 aliphatic carbocycles. The van der Waals surface area contributed by atoms with E-state index in [4.69, 9.17) is 30.5 Å². The average Bonchev–Trinajstić information content (AvgIpc) is 2.35. The third-order valence-corrected chi connectivity index (χ3v) is 2.97. The van der Waals surface area contributed by atoms with Crippen LogP contribution in [-0.2, 0) is 33.3 Å². The summed E-state index contributed by atoms with van der Waals surface area (Å²) in [4.78, 5) is 33.5. The molecule has 0 saturated carbocycles. The number of esters is 3. The molecule has 0 aromatic rings. The highest BCUT2D eigenvalue weighted by Gasteiger charge is 2.51. The first-order valence-electron chi connectivity index (χ1n) is 6.17. The lowest BCUT2D eigenvalue weighted by molar-refractivity contribution is -0.287. The van der Waals surface area contributed by atoms with Crippen LogP contribution in [0.15, 0.2) is 0 Å². The summed E-state index contributed by atoms with van der Waals surface area (Å²) in [5.74, 6) is -2.20. The summed E-state index contributed by atoms with van der Waals surface area (Å²) in [5.41, 5.74) is 0. The van der Waals surface area contributed by atoms with Crippen LogP contribution in [0.3, 0.4) is 0 Å². The van der Waals surface area contributed by atoms with E-state index in [0.717, 1.165) is 20.8 Å². The van der Waals surface area contributed by atoms with E-state index in [1.165, 1.54) is 0 Å². The zero-order valence-electron chi connectivity index (χ0n) is 11.8. The highest BCUT2D eigenvalue weighted by molar-refractivity contribution is 6.18. The maximum absolute atomic E-state index is 11.2. The van der Waals surface area contributed by atoms with Crippen molar-refractivity contribution in [3.05, 3.63) is 0 Å². The minimum Gasteiger partial charge on any atom is -0.456 e. The van der Waals surface area contributed by atoms with Crippen LogP contribution >= 0.6 is 11.6 Å². The standard InChI is InChI=1S/C12H17ClO8/c1-5(14)18-9-8(4-13)21-12(17)11(20-7(3)16)10(9)19-6(2)15/h8-12,17H,4H2,1-3H3/t8-,9+,10+,11-,12?/m0/s1. The molecule has 21 heavy (non-hydrogen) atoms. The van der Waals surface area contributed by atoms with Gasteiger partial charge in [0.15, 0.2) is 24.6 Å². The highest BCUT2D eigenvalue weighted by Crippen LogP contribution is 2.28. The van der Waals surface area contributed by atoms with Crippen LogP contribution in [0.1, 0.15) is 20.8 Å². The van der Waals surface area contributed by atoms with Crippen LogP contribution in [0.4, 0.5) is 0 Å². The Hall–Kier alpha value is -1.38. The minimum absolute atomic E-state index is 0.125. The molecule has 1 saturated heterocycles. The third-order valence-electron chi connectivity index (χ3n) is 2.67. The molecular formula is C12H17ClO8. The molecule has 1 aliphatic heterocycles. The quantitative estimate of drug-likeness (QED) is 0.428. The first-order chi connectivity index (χ1) is 9.76. The molecule has 0 radical (unpaired) electrons. The lowest BCUT2D eigenvalue weighted by Crippen LogP contribution is -2.61. The lowest BCUT2D eigenvalue weighted by Gasteiger charge is -2.42. The minimum atomic E-state index is -1.56. The van der Waals surface area contributed by atoms with Crippen molar-refractivity contribution >= 4 is 29.5 Å². The van der Waals surface area contributed by atoms with E-state index in [0.29, 0.717) is 0 Å². The Bertz CT molecular complexity index is 412. The summed E-state index contributed by atoms with van der Waals surface area (Å²) in [7, 11) is 0. The molecule has 1 heterocycles. The Kier molecular flexibility index (Phi) is 6.38. The van der Waals surface area contributed by atoms with E-state index in [9.17, 15) is 19.5 Å². The number of carbonyl (C=O) groups excluding carboxylic acids is 3. The van der Waals surface area contributed by atoms with Gasteiger partial charge in [0.05, 0.1) is 5.88 Å². The second-order valence-electron chi connectivity index (χ2n) is 4.44. The number of hydrogen-bond donors (Lipinski definition) is 1. The Morgan fingerprint density at radius 3 is 1.81 bits per heavy atom. The van der Waals surface area contributed by atoms with Gasteiger partial charge in [-0.2, -0.15) is 0 Å². The van der Waals surface area contributed by atoms with E-state index in [1.54, 1.807) is 0 Å². The van der Waals surface area contributed by atoms with Crippen LogP contribution < -0.4 is 0 Å². The summed E-state index contributed by atoms with van der Waals surface area (Å²) in [6.07, 6.45) is -6.12. The van der Waals surface area contributed by atoms with Crippen molar-refractivity contribution in [3.8, 4) is 0 Å². The Morgan fingerprint density at radius 1 is 0.952 bits per heavy atom. The van der Waals surface area contributed by atoms with Crippen molar-refractivity contribution < 1.29 is 38.4 Å². The fourth-order valence-corrected chi connectivity index (χ4v) is 2.24. The molecule has 0 spiro atoms. The van der Waals surface area contributed by atoms with E-state index < -0.39 is 48.6 Å². The van der Waals surface area contributed by atoms with Crippen LogP contribution in [0.2, 0.25) is 0 Å². The number of hydrogen-bond acceptors (Lipinski definition) is 8. The zero-order valence-corrected chi connectivity index (χ0v) is 12.5. The fourth-order valence-electron chi connectivity index (χ4n) is 2.00. The summed E-state index contributed by atoms with van der Waals surface area (Å²) in [5, 5.41) is 9.86. The average molecular weight is 325 g/mol. The summed E-state index contributed by atoms with van der Waals surface area (Å²) >= 11 is 5.70. The second-order valence-corrected chi connectivity index (χ2v) is 4.75. The molecule has 1 rings (SSSR count). The number of ether oxygens (including phenoxy) is 4. The molecule has 1 aliphatic rings. The molecule has 120 valence electrons. The number of aliphatic hydroxyl groups is 1. The summed E-state index contributed by atoms with van der Waals surface area (Å²) < 4.78 is 20.1. The van der Waals surface area contributed by atoms with Gasteiger partial charge in [-0.3, -0.25) is 14.4 Å². The summed E-state index contributed by atoms with van der Waals surface area (Å²) in [6, 6.07) is 0. The van der Waals surface area contributed by atoms with Gasteiger partial charge in [0.1, 0.15) is 6.10 Å². The topological polar surface area (TPSA) is 108 Å². The Labute approximate surface area is 126 Å². The molecule has 0 amide bonds. The molecule has 0 aromatic carbocycles. The maximum Gasteiger partial charge on any atom is 0.303 e. The first-order valence-corrected chi connectivity index (χ1v) is 6.70. The largest absolute Gasteiger partial charge is 0.456 e. The lowest BCUT2D eigenvalue weighted by atomic mass is 9.99. The molecule has 8 nitrogen and oxygen atoms in total. The molecular weight excluding hydrogens is 308 g/mol. The van der Waals surface area contributed by atoms with Gasteiger partial charge < -0.3 is 24.1 Å². The van der Waals surface area contributed by atoms with Crippen molar-refractivity contribution in [2.75, 3.05) is 5.88 Å². The van der Waals surface area contributed by atoms with E-state index in [1.807, 2.05) is 0 Å². The third kappa shape index (κ3) is 4.83. The SMILES string of the molecule is CC(=O)O[C@@H]1[C@H](OC(C)=O)[C@H](CCl)OC(O)[C@H]1OC(C)=O. The van der Waals surface area contributed by atoms with Crippen LogP contribution in [0, 0.1) is 0 Å². The number of halogens is 1. The molecule has 5 atom stereocenters. The molecule has 0 bridgehead atoms. The van der Waals surface area contributed by atoms with Gasteiger partial charge in [-0.15, -0.1) is 11.6 Å². The first kappa shape index (κ1) is 17.7. The number of carbonyl (C=O) groups is 3. The van der Waals surface area contributed by atoms with Crippen LogP contribution in [0.5, 0.6) is 0 Å². The normalized spacial score (nSPS) is 32.1. The van der Waals surface area contributed by atoms with Crippen molar-refractivity contribution in [1.82, 2.24) is 0 Å². The predicted octanol–water partition coefficient (Wildman–Crippen LogP) is -0.263. The highest BCUT2D eigenvalue weighted by atomic mass is 35.5. The number of alkyl halides is 1. The number of aliphatic hydroxyl groups excluding tert-OH is 1. The van der Waals surface area contributed by atoms with Gasteiger partial charge in [0.2, 0.25) is 0 Å². The van der Waals surface area contributed by atoms with Gasteiger partial charge in [-0.1, -0.05) is 0 Å². The molecule has 1 N–H and O–H groups in total. The van der Waals surface area contributed by atoms with Crippen molar-refractivity contribution in [3.63, 3.8) is 0 Å². The Balaban J connectivity index is 3.08. The van der Waals surface area contributed by atoms with Crippen LogP contribution in [0.25, 0.3) is 0 Å². The molecule has 1 unspecified atom stereocenters. The van der Waals surface area contributed by atoms with Crippen molar-refractivity contribution in [2.24, 2.45) is 0 Å². The predicted molar refractivity (Wildman–Crippen MR) is 68.3 cm³/mol. The molecule has 9 heteroatoms. The van der Waals surface area contributed by atoms with E-state index >= 15 is 0 Å². The van der Waals surface area contributed by atoms with E-state index in [2.05, 4.69) is 0 Å². The van der Waals surface area contributed by atoms with Crippen molar-refractivity contribution in [1.29, 1.82) is 0 Å². The fraction of sp³-hybridized carbons (Fsp3) is 0.750. The van der Waals surface area contributed by atoms with Gasteiger partial charge >= 0.3 is 17.9 Å². The molecule has 0 aromatic heterocycles. The maximum atomic E-state index is 11.2. The van der Waals surface area contributed by atoms with Gasteiger partial charge in [-0.05, 0) is 0 Å². The van der Waals surface area contributed by atoms with Gasteiger partial charge in [0.25, 0.3) is 0 Å². The summed E-state index contributed by atoms with van der Waals surface area (Å²) in [6.45, 7) is 3.40. The number of rotatable bonds is 4. The van der Waals surface area contributed by atoms with Gasteiger partial charge in [0, 0.05) is 20.8 Å².